The van der Waals surface area contributed by atoms with Gasteiger partial charge in [0.05, 0.1) is 33.7 Å². The SMILES string of the molecule is Cc1nc(C(=O)N2CCCC(C(F)(F)F)C2CNC(=O)c2cccc3occc23)c(-c2ccccc2)s1. The van der Waals surface area contributed by atoms with Gasteiger partial charge in [-0.2, -0.15) is 13.2 Å². The number of fused-ring (bicyclic) bond motifs is 1. The first kappa shape index (κ1) is 25.0. The normalized spacial score (nSPS) is 18.2. The van der Waals surface area contributed by atoms with Crippen LogP contribution in [0.5, 0.6) is 0 Å². The average molecular weight is 528 g/mol. The molecule has 2 atom stereocenters. The Bertz CT molecular complexity index is 1430. The van der Waals surface area contributed by atoms with E-state index >= 15 is 0 Å². The van der Waals surface area contributed by atoms with Gasteiger partial charge in [-0.05, 0) is 43.5 Å². The van der Waals surface area contributed by atoms with Crippen LogP contribution in [0.4, 0.5) is 13.2 Å². The minimum Gasteiger partial charge on any atom is -0.464 e. The third-order valence-corrected chi connectivity index (χ3v) is 7.66. The predicted molar refractivity (Wildman–Crippen MR) is 134 cm³/mol. The number of amides is 2. The second-order valence-corrected chi connectivity index (χ2v) is 10.2. The molecule has 3 heterocycles. The summed E-state index contributed by atoms with van der Waals surface area (Å²) < 4.78 is 47.7. The van der Waals surface area contributed by atoms with Crippen LogP contribution in [0.3, 0.4) is 0 Å². The largest absolute Gasteiger partial charge is 0.464 e. The van der Waals surface area contributed by atoms with Crippen molar-refractivity contribution in [3.05, 3.63) is 77.1 Å². The van der Waals surface area contributed by atoms with Crippen LogP contribution in [0, 0.1) is 12.8 Å². The van der Waals surface area contributed by atoms with Gasteiger partial charge in [0.25, 0.3) is 11.8 Å². The molecule has 10 heteroatoms. The number of hydrogen-bond acceptors (Lipinski definition) is 5. The van der Waals surface area contributed by atoms with E-state index in [2.05, 4.69) is 10.3 Å². The van der Waals surface area contributed by atoms with Crippen molar-refractivity contribution in [1.29, 1.82) is 0 Å². The van der Waals surface area contributed by atoms with Crippen LogP contribution < -0.4 is 5.32 Å². The smallest absolute Gasteiger partial charge is 0.393 e. The first-order valence-electron chi connectivity index (χ1n) is 11.9. The van der Waals surface area contributed by atoms with Crippen LogP contribution in [0.25, 0.3) is 21.4 Å². The summed E-state index contributed by atoms with van der Waals surface area (Å²) in [5, 5.41) is 3.86. The lowest BCUT2D eigenvalue weighted by atomic mass is 9.87. The van der Waals surface area contributed by atoms with Crippen LogP contribution in [0.15, 0.2) is 65.3 Å². The number of alkyl halides is 3. The Labute approximate surface area is 215 Å². The Morgan fingerprint density at radius 1 is 1.14 bits per heavy atom. The van der Waals surface area contributed by atoms with Crippen molar-refractivity contribution in [2.75, 3.05) is 13.1 Å². The number of piperidine rings is 1. The number of nitrogens with zero attached hydrogens (tertiary/aromatic N) is 2. The molecule has 5 rings (SSSR count). The number of halogens is 3. The second kappa shape index (κ2) is 10.0. The van der Waals surface area contributed by atoms with Gasteiger partial charge in [0.2, 0.25) is 0 Å². The van der Waals surface area contributed by atoms with Gasteiger partial charge in [-0.25, -0.2) is 4.98 Å². The van der Waals surface area contributed by atoms with Crippen molar-refractivity contribution in [2.24, 2.45) is 5.92 Å². The van der Waals surface area contributed by atoms with E-state index in [-0.39, 0.29) is 31.6 Å². The topological polar surface area (TPSA) is 75.4 Å². The molecule has 1 N–H and O–H groups in total. The van der Waals surface area contributed by atoms with Crippen molar-refractivity contribution in [3.8, 4) is 10.4 Å². The molecule has 0 radical (unpaired) electrons. The summed E-state index contributed by atoms with van der Waals surface area (Å²) in [6.45, 7) is 1.57. The fourth-order valence-corrected chi connectivity index (χ4v) is 5.84. The van der Waals surface area contributed by atoms with E-state index < -0.39 is 30.0 Å². The van der Waals surface area contributed by atoms with Crippen molar-refractivity contribution in [3.63, 3.8) is 0 Å². The van der Waals surface area contributed by atoms with E-state index in [1.807, 2.05) is 30.3 Å². The summed E-state index contributed by atoms with van der Waals surface area (Å²) >= 11 is 1.33. The number of thiazole rings is 1. The summed E-state index contributed by atoms with van der Waals surface area (Å²) in [5.41, 5.74) is 1.71. The molecule has 2 aromatic heterocycles. The molecule has 1 fully saturated rings. The molecule has 2 aromatic carbocycles. The first-order chi connectivity index (χ1) is 17.7. The number of carbonyl (C=O) groups is 2. The molecule has 1 aliphatic heterocycles. The monoisotopic (exact) mass is 527 g/mol. The average Bonchev–Trinajstić information content (AvgIpc) is 3.53. The zero-order valence-electron chi connectivity index (χ0n) is 19.9. The van der Waals surface area contributed by atoms with Gasteiger partial charge in [-0.15, -0.1) is 11.3 Å². The number of nitrogens with one attached hydrogen (secondary N) is 1. The summed E-state index contributed by atoms with van der Waals surface area (Å²) in [7, 11) is 0. The number of rotatable bonds is 5. The summed E-state index contributed by atoms with van der Waals surface area (Å²) in [5.74, 6) is -2.86. The van der Waals surface area contributed by atoms with Crippen LogP contribution in [-0.4, -0.2) is 47.0 Å². The summed E-state index contributed by atoms with van der Waals surface area (Å²) in [4.78, 5) is 33.0. The van der Waals surface area contributed by atoms with E-state index in [1.165, 1.54) is 22.5 Å². The molecule has 0 spiro atoms. The van der Waals surface area contributed by atoms with E-state index in [1.54, 1.807) is 31.2 Å². The maximum absolute atomic E-state index is 14.1. The van der Waals surface area contributed by atoms with Crippen molar-refractivity contribution < 1.29 is 27.2 Å². The number of aromatic nitrogens is 1. The zero-order chi connectivity index (χ0) is 26.2. The predicted octanol–water partition coefficient (Wildman–Crippen LogP) is 6.08. The maximum Gasteiger partial charge on any atom is 0.393 e. The highest BCUT2D eigenvalue weighted by Crippen LogP contribution is 2.39. The Morgan fingerprint density at radius 2 is 1.92 bits per heavy atom. The Hall–Kier alpha value is -3.66. The highest BCUT2D eigenvalue weighted by Gasteiger charge is 2.49. The molecule has 37 heavy (non-hydrogen) atoms. The first-order valence-corrected chi connectivity index (χ1v) is 12.7. The van der Waals surface area contributed by atoms with E-state index in [0.717, 1.165) is 5.56 Å². The highest BCUT2D eigenvalue weighted by molar-refractivity contribution is 7.15. The lowest BCUT2D eigenvalue weighted by Crippen LogP contribution is -2.57. The Morgan fingerprint density at radius 3 is 2.68 bits per heavy atom. The molecule has 2 amide bonds. The zero-order valence-corrected chi connectivity index (χ0v) is 20.7. The fraction of sp³-hybridized carbons (Fsp3) is 0.296. The number of hydrogen-bond donors (Lipinski definition) is 1. The third-order valence-electron chi connectivity index (χ3n) is 6.65. The number of furan rings is 1. The van der Waals surface area contributed by atoms with Gasteiger partial charge in [-0.3, -0.25) is 9.59 Å². The molecule has 1 saturated heterocycles. The molecule has 0 aliphatic carbocycles. The van der Waals surface area contributed by atoms with Crippen LogP contribution in [0.1, 0.15) is 38.7 Å². The molecule has 0 bridgehead atoms. The van der Waals surface area contributed by atoms with Crippen LogP contribution in [0.2, 0.25) is 0 Å². The van der Waals surface area contributed by atoms with Crippen molar-refractivity contribution >= 4 is 34.1 Å². The maximum atomic E-state index is 14.1. The molecule has 2 unspecified atom stereocenters. The van der Waals surface area contributed by atoms with Gasteiger partial charge in [0.15, 0.2) is 0 Å². The van der Waals surface area contributed by atoms with Crippen LogP contribution in [-0.2, 0) is 0 Å². The van der Waals surface area contributed by atoms with Gasteiger partial charge in [0.1, 0.15) is 11.3 Å². The molecular formula is C27H24F3N3O3S. The molecule has 1 aliphatic rings. The van der Waals surface area contributed by atoms with Crippen LogP contribution >= 0.6 is 11.3 Å². The van der Waals surface area contributed by atoms with E-state index in [9.17, 15) is 22.8 Å². The third kappa shape index (κ3) is 4.98. The quantitative estimate of drug-likeness (QED) is 0.342. The standard InChI is InChI=1S/C27H24F3N3O3S/c1-16-32-23(24(37-16)17-7-3-2-4-8-17)26(35)33-13-6-10-20(27(28,29)30)21(33)15-31-25(34)19-9-5-11-22-18(19)12-14-36-22/h2-5,7-9,11-12,14,20-21H,6,10,13,15H2,1H3,(H,31,34). The Kier molecular flexibility index (Phi) is 6.76. The minimum atomic E-state index is -4.53. The molecular weight excluding hydrogens is 503 g/mol. The summed E-state index contributed by atoms with van der Waals surface area (Å²) in [6, 6.07) is 14.5. The number of likely N-dealkylation sites (tertiary alicyclic amines) is 1. The molecule has 192 valence electrons. The van der Waals surface area contributed by atoms with Crippen molar-refractivity contribution in [2.45, 2.75) is 32.0 Å². The minimum absolute atomic E-state index is 0.118. The summed E-state index contributed by atoms with van der Waals surface area (Å²) in [6.07, 6.45) is -2.99. The van der Waals surface area contributed by atoms with E-state index in [4.69, 9.17) is 4.42 Å². The number of aryl methyl sites for hydroxylation is 1. The number of carbonyl (C=O) groups excluding carboxylic acids is 2. The van der Waals surface area contributed by atoms with Crippen molar-refractivity contribution in [1.82, 2.24) is 15.2 Å². The Balaban J connectivity index is 1.45. The molecule has 0 saturated carbocycles. The second-order valence-electron chi connectivity index (χ2n) is 8.98. The van der Waals surface area contributed by atoms with Gasteiger partial charge in [-0.1, -0.05) is 36.4 Å². The molecule has 4 aromatic rings. The fourth-order valence-electron chi connectivity index (χ4n) is 4.92. The van der Waals surface area contributed by atoms with Gasteiger partial charge >= 0.3 is 6.18 Å². The lowest BCUT2D eigenvalue weighted by molar-refractivity contribution is -0.196. The highest BCUT2D eigenvalue weighted by atomic mass is 32.1. The van der Waals surface area contributed by atoms with E-state index in [0.29, 0.717) is 26.4 Å². The van der Waals surface area contributed by atoms with Gasteiger partial charge in [0, 0.05) is 18.5 Å². The molecule has 6 nitrogen and oxygen atoms in total. The number of benzene rings is 2. The van der Waals surface area contributed by atoms with Gasteiger partial charge < -0.3 is 14.6 Å². The lowest BCUT2D eigenvalue weighted by Gasteiger charge is -2.42.